The maximum absolute atomic E-state index is 14.6. The molecule has 0 saturated heterocycles. The van der Waals surface area contributed by atoms with E-state index in [4.69, 9.17) is 10.5 Å². The number of hydrogen-bond donors (Lipinski definition) is 2. The summed E-state index contributed by atoms with van der Waals surface area (Å²) in [5.41, 5.74) is 11.5. The summed E-state index contributed by atoms with van der Waals surface area (Å²) in [5, 5.41) is 2.90. The van der Waals surface area contributed by atoms with Gasteiger partial charge in [-0.25, -0.2) is 8.78 Å². The Bertz CT molecular complexity index is 1140. The van der Waals surface area contributed by atoms with E-state index < -0.39 is 5.92 Å². The van der Waals surface area contributed by atoms with Crippen LogP contribution in [0.5, 0.6) is 5.75 Å². The number of carbonyl (C=O) groups is 1. The van der Waals surface area contributed by atoms with Crippen molar-refractivity contribution in [3.63, 3.8) is 0 Å². The first-order valence-corrected chi connectivity index (χ1v) is 12.9. The first-order valence-electron chi connectivity index (χ1n) is 12.9. The number of anilines is 1. The van der Waals surface area contributed by atoms with Crippen LogP contribution in [0, 0.1) is 5.92 Å². The number of carbonyl (C=O) groups excluding carboxylic acids is 1. The van der Waals surface area contributed by atoms with Crippen molar-refractivity contribution < 1.29 is 18.3 Å². The Balaban J connectivity index is 1.46. The predicted octanol–water partition coefficient (Wildman–Crippen LogP) is 6.58. The van der Waals surface area contributed by atoms with Crippen LogP contribution in [-0.4, -0.2) is 11.9 Å². The Labute approximate surface area is 205 Å². The summed E-state index contributed by atoms with van der Waals surface area (Å²) >= 11 is 0. The largest absolute Gasteiger partial charge is 0.485 e. The highest BCUT2D eigenvalue weighted by Gasteiger charge is 2.38. The van der Waals surface area contributed by atoms with Gasteiger partial charge in [0.05, 0.1) is 0 Å². The number of amides is 1. The maximum Gasteiger partial charge on any atom is 0.273 e. The minimum Gasteiger partial charge on any atom is -0.485 e. The molecule has 2 aromatic rings. The van der Waals surface area contributed by atoms with Gasteiger partial charge in [-0.1, -0.05) is 30.7 Å². The number of halogens is 2. The van der Waals surface area contributed by atoms with Crippen molar-refractivity contribution >= 4 is 11.6 Å². The number of hydrogen-bond acceptors (Lipinski definition) is 3. The molecule has 186 valence electrons. The van der Waals surface area contributed by atoms with Crippen LogP contribution < -0.4 is 15.8 Å². The molecule has 2 aromatic carbocycles. The first kappa shape index (κ1) is 24.0. The Morgan fingerprint density at radius 3 is 2.80 bits per heavy atom. The molecule has 0 bridgehead atoms. The van der Waals surface area contributed by atoms with Gasteiger partial charge in [0.2, 0.25) is 5.91 Å². The zero-order valence-corrected chi connectivity index (χ0v) is 20.3. The van der Waals surface area contributed by atoms with E-state index in [1.807, 2.05) is 24.3 Å². The molecule has 3 unspecified atom stereocenters. The second kappa shape index (κ2) is 9.73. The van der Waals surface area contributed by atoms with Gasteiger partial charge in [0.15, 0.2) is 0 Å². The fraction of sp³-hybridized carbons (Fsp3) is 0.483. The van der Waals surface area contributed by atoms with Gasteiger partial charge in [-0.15, -0.1) is 0 Å². The average Bonchev–Trinajstić information content (AvgIpc) is 3.02. The lowest BCUT2D eigenvalue weighted by molar-refractivity contribution is -0.116. The summed E-state index contributed by atoms with van der Waals surface area (Å²) in [4.78, 5) is 11.7. The highest BCUT2D eigenvalue weighted by atomic mass is 19.3. The zero-order valence-electron chi connectivity index (χ0n) is 20.3. The molecule has 6 heteroatoms. The number of alkyl halides is 2. The fourth-order valence-corrected chi connectivity index (χ4v) is 5.75. The molecule has 1 aliphatic heterocycles. The van der Waals surface area contributed by atoms with Crippen LogP contribution in [0.25, 0.3) is 0 Å². The van der Waals surface area contributed by atoms with Gasteiger partial charge in [-0.3, -0.25) is 4.79 Å². The third kappa shape index (κ3) is 5.13. The SMILES string of the molecule is CCC(F)(F)c1ccc2c(c1)C(Oc1ccc3c(c1)CCC(=O)N3)C(CC1=CCCCC(N)C1)C2. The molecule has 0 saturated carbocycles. The van der Waals surface area contributed by atoms with E-state index in [0.29, 0.717) is 18.6 Å². The third-order valence-corrected chi connectivity index (χ3v) is 7.73. The summed E-state index contributed by atoms with van der Waals surface area (Å²) < 4.78 is 35.8. The van der Waals surface area contributed by atoms with Gasteiger partial charge in [0.1, 0.15) is 11.9 Å². The lowest BCUT2D eigenvalue weighted by Gasteiger charge is -2.25. The molecule has 1 amide bonds. The molecule has 5 rings (SSSR count). The third-order valence-electron chi connectivity index (χ3n) is 7.73. The number of nitrogens with two attached hydrogens (primary N) is 1. The van der Waals surface area contributed by atoms with E-state index in [1.54, 1.807) is 12.1 Å². The summed E-state index contributed by atoms with van der Waals surface area (Å²) in [7, 11) is 0. The molecular weight excluding hydrogens is 446 g/mol. The molecule has 3 aliphatic rings. The average molecular weight is 481 g/mol. The van der Waals surface area contributed by atoms with Crippen molar-refractivity contribution in [1.82, 2.24) is 0 Å². The van der Waals surface area contributed by atoms with Gasteiger partial charge < -0.3 is 15.8 Å². The van der Waals surface area contributed by atoms with Crippen LogP contribution in [0.15, 0.2) is 48.0 Å². The van der Waals surface area contributed by atoms with Gasteiger partial charge >= 0.3 is 0 Å². The molecule has 0 radical (unpaired) electrons. The lowest BCUT2D eigenvalue weighted by atomic mass is 9.91. The minimum atomic E-state index is -2.86. The van der Waals surface area contributed by atoms with Crippen LogP contribution in [-0.2, 0) is 23.6 Å². The highest BCUT2D eigenvalue weighted by molar-refractivity contribution is 5.94. The van der Waals surface area contributed by atoms with Crippen LogP contribution in [0.4, 0.5) is 14.5 Å². The molecule has 1 heterocycles. The molecule has 0 spiro atoms. The van der Waals surface area contributed by atoms with Gasteiger partial charge in [-0.2, -0.15) is 0 Å². The minimum absolute atomic E-state index is 0.0233. The normalized spacial score (nSPS) is 24.2. The zero-order chi connectivity index (χ0) is 24.6. The second-order valence-corrected chi connectivity index (χ2v) is 10.3. The van der Waals surface area contributed by atoms with E-state index in [2.05, 4.69) is 11.4 Å². The van der Waals surface area contributed by atoms with Crippen LogP contribution in [0.2, 0.25) is 0 Å². The number of benzene rings is 2. The Kier molecular flexibility index (Phi) is 6.67. The number of allylic oxidation sites excluding steroid dienone is 1. The van der Waals surface area contributed by atoms with Crippen molar-refractivity contribution in [3.8, 4) is 5.75 Å². The molecular formula is C29H34F2N2O2. The standard InChI is InChI=1S/C29H34F2N2O2/c1-2-29(30,31)22-9-7-19-15-21(13-18-5-3-4-6-23(32)14-18)28(25(19)17-22)35-24-10-11-26-20(16-24)8-12-27(34)33-26/h5,7,9-11,16-17,21,23,28H,2-4,6,8,12-15,32H2,1H3,(H,33,34). The van der Waals surface area contributed by atoms with Crippen molar-refractivity contribution in [2.24, 2.45) is 11.7 Å². The van der Waals surface area contributed by atoms with Crippen molar-refractivity contribution in [2.45, 2.75) is 82.8 Å². The summed E-state index contributed by atoms with van der Waals surface area (Å²) in [5.74, 6) is -1.97. The number of ether oxygens (including phenoxy) is 1. The van der Waals surface area contributed by atoms with Crippen molar-refractivity contribution in [1.29, 1.82) is 0 Å². The lowest BCUT2D eigenvalue weighted by Crippen LogP contribution is -2.21. The molecule has 3 N–H and O–H groups in total. The second-order valence-electron chi connectivity index (χ2n) is 10.3. The van der Waals surface area contributed by atoms with E-state index in [9.17, 15) is 13.6 Å². The fourth-order valence-electron chi connectivity index (χ4n) is 5.75. The monoisotopic (exact) mass is 480 g/mol. The van der Waals surface area contributed by atoms with Crippen molar-refractivity contribution in [3.05, 3.63) is 70.3 Å². The van der Waals surface area contributed by atoms with Crippen LogP contribution in [0.3, 0.4) is 0 Å². The van der Waals surface area contributed by atoms with E-state index in [0.717, 1.165) is 60.9 Å². The molecule has 4 nitrogen and oxygen atoms in total. The molecule has 0 aromatic heterocycles. The van der Waals surface area contributed by atoms with E-state index in [-0.39, 0.29) is 36.0 Å². The quantitative estimate of drug-likeness (QED) is 0.459. The van der Waals surface area contributed by atoms with Crippen LogP contribution in [0.1, 0.15) is 80.2 Å². The summed E-state index contributed by atoms with van der Waals surface area (Å²) in [6.45, 7) is 1.51. The number of fused-ring (bicyclic) bond motifs is 2. The molecule has 2 aliphatic carbocycles. The van der Waals surface area contributed by atoms with Crippen LogP contribution >= 0.6 is 0 Å². The highest BCUT2D eigenvalue weighted by Crippen LogP contribution is 2.45. The Morgan fingerprint density at radius 2 is 1.97 bits per heavy atom. The Morgan fingerprint density at radius 1 is 1.11 bits per heavy atom. The number of aryl methyl sites for hydroxylation is 1. The first-order chi connectivity index (χ1) is 16.8. The smallest absolute Gasteiger partial charge is 0.273 e. The van der Waals surface area contributed by atoms with Gasteiger partial charge in [-0.05, 0) is 85.9 Å². The summed E-state index contributed by atoms with van der Waals surface area (Å²) in [6.07, 6.45) is 8.62. The number of nitrogens with one attached hydrogen (secondary N) is 1. The maximum atomic E-state index is 14.6. The van der Waals surface area contributed by atoms with Gasteiger partial charge in [0, 0.05) is 36.1 Å². The Hall–Kier alpha value is -2.73. The van der Waals surface area contributed by atoms with Gasteiger partial charge in [0.25, 0.3) is 5.92 Å². The number of rotatable bonds is 6. The van der Waals surface area contributed by atoms with E-state index in [1.165, 1.54) is 12.5 Å². The topological polar surface area (TPSA) is 64.3 Å². The van der Waals surface area contributed by atoms with E-state index >= 15 is 0 Å². The molecule has 3 atom stereocenters. The molecule has 35 heavy (non-hydrogen) atoms. The van der Waals surface area contributed by atoms with Crippen molar-refractivity contribution in [2.75, 3.05) is 5.32 Å². The predicted molar refractivity (Wildman–Crippen MR) is 134 cm³/mol. The summed E-state index contributed by atoms with van der Waals surface area (Å²) in [6, 6.07) is 11.0. The molecule has 0 fully saturated rings.